The average molecular weight is 393 g/mol. The molecule has 0 spiro atoms. The van der Waals surface area contributed by atoms with Crippen LogP contribution < -0.4 is 0 Å². The van der Waals surface area contributed by atoms with Crippen molar-refractivity contribution in [2.24, 2.45) is 33.7 Å². The summed E-state index contributed by atoms with van der Waals surface area (Å²) in [5.74, 6) is 2.29. The van der Waals surface area contributed by atoms with Gasteiger partial charge in [-0.2, -0.15) is 0 Å². The Kier molecular flexibility index (Phi) is 7.57. The maximum atomic E-state index is 12.7. The lowest BCUT2D eigenvalue weighted by Gasteiger charge is -2.33. The molecule has 1 heterocycles. The molecule has 3 rings (SSSR count). The van der Waals surface area contributed by atoms with E-state index in [-0.39, 0.29) is 0 Å². The number of benzene rings is 1. The molecule has 1 aliphatic heterocycles. The number of ketones is 1. The lowest BCUT2D eigenvalue weighted by Crippen LogP contribution is -2.25. The van der Waals surface area contributed by atoms with Crippen molar-refractivity contribution in [3.05, 3.63) is 46.7 Å². The number of carbonyl (C=O) groups excluding carboxylic acids is 1. The van der Waals surface area contributed by atoms with E-state index in [1.165, 1.54) is 41.7 Å². The van der Waals surface area contributed by atoms with Gasteiger partial charge in [0.15, 0.2) is 0 Å². The number of allylic oxidation sites excluding steroid dienone is 2. The fourth-order valence-electron chi connectivity index (χ4n) is 4.90. The summed E-state index contributed by atoms with van der Waals surface area (Å²) in [6.45, 7) is 6.64. The molecular weight excluding hydrogens is 356 g/mol. The second kappa shape index (κ2) is 10.1. The minimum Gasteiger partial charge on any atom is -0.300 e. The van der Waals surface area contributed by atoms with Crippen molar-refractivity contribution >= 4 is 18.2 Å². The molecular formula is C26H36N2O. The third-order valence-corrected chi connectivity index (χ3v) is 6.91. The Labute approximate surface area is 176 Å². The molecule has 1 aromatic rings. The third-order valence-electron chi connectivity index (χ3n) is 6.91. The minimum absolute atomic E-state index is 0.414. The lowest BCUT2D eigenvalue weighted by molar-refractivity contribution is -0.120. The van der Waals surface area contributed by atoms with E-state index in [1.807, 2.05) is 13.3 Å². The summed E-state index contributed by atoms with van der Waals surface area (Å²) in [5.41, 5.74) is 5.13. The van der Waals surface area contributed by atoms with Crippen LogP contribution >= 0.6 is 0 Å². The standard InChI is InChI=1S/C26H36N2O/c1-18-8-5-6-10-22(18)12-13-24(29)15-21-9-7-11-23(14-21)26-25(17-27-4)20(3)19(2)16-28-26/h5-6,8,10,16-17,19-21,23H,7,9,11-15H2,1-4H3/t19?,20?,21-,23?/m1/s1. The number of Topliss-reactive ketones (excluding diaryl/α,β-unsaturated/α-hetero) is 1. The molecule has 2 aliphatic rings. The Morgan fingerprint density at radius 2 is 2.03 bits per heavy atom. The van der Waals surface area contributed by atoms with Crippen LogP contribution in [0.5, 0.6) is 0 Å². The van der Waals surface area contributed by atoms with E-state index >= 15 is 0 Å². The van der Waals surface area contributed by atoms with Crippen LogP contribution in [-0.4, -0.2) is 25.3 Å². The predicted molar refractivity (Wildman–Crippen MR) is 123 cm³/mol. The quantitative estimate of drug-likeness (QED) is 0.524. The van der Waals surface area contributed by atoms with Gasteiger partial charge in [0, 0.05) is 43.9 Å². The van der Waals surface area contributed by atoms with Crippen LogP contribution in [0.4, 0.5) is 0 Å². The van der Waals surface area contributed by atoms with Crippen LogP contribution in [0.25, 0.3) is 0 Å². The zero-order valence-corrected chi connectivity index (χ0v) is 18.5. The second-order valence-electron chi connectivity index (χ2n) is 9.05. The Balaban J connectivity index is 1.61. The van der Waals surface area contributed by atoms with Crippen molar-refractivity contribution in [3.8, 4) is 0 Å². The number of hydrogen-bond donors (Lipinski definition) is 0. The van der Waals surface area contributed by atoms with Gasteiger partial charge in [0.25, 0.3) is 0 Å². The summed E-state index contributed by atoms with van der Waals surface area (Å²) in [6, 6.07) is 8.40. The molecule has 0 bridgehead atoms. The maximum Gasteiger partial charge on any atom is 0.133 e. The molecule has 3 unspecified atom stereocenters. The fourth-order valence-corrected chi connectivity index (χ4v) is 4.90. The highest BCUT2D eigenvalue weighted by molar-refractivity contribution is 5.84. The van der Waals surface area contributed by atoms with Gasteiger partial charge in [-0.1, -0.05) is 44.5 Å². The molecule has 1 aromatic carbocycles. The molecule has 156 valence electrons. The summed E-state index contributed by atoms with van der Waals surface area (Å²) >= 11 is 0. The minimum atomic E-state index is 0.414. The third kappa shape index (κ3) is 5.52. The molecule has 0 radical (unpaired) electrons. The van der Waals surface area contributed by atoms with E-state index in [0.717, 1.165) is 19.3 Å². The van der Waals surface area contributed by atoms with Crippen LogP contribution in [0.1, 0.15) is 63.5 Å². The van der Waals surface area contributed by atoms with E-state index in [9.17, 15) is 4.79 Å². The van der Waals surface area contributed by atoms with Crippen molar-refractivity contribution in [1.29, 1.82) is 0 Å². The van der Waals surface area contributed by atoms with Crippen molar-refractivity contribution in [2.45, 2.75) is 65.7 Å². The zero-order valence-electron chi connectivity index (χ0n) is 18.5. The number of rotatable bonds is 7. The molecule has 1 fully saturated rings. The van der Waals surface area contributed by atoms with Crippen LogP contribution in [0.15, 0.2) is 45.5 Å². The zero-order chi connectivity index (χ0) is 20.8. The second-order valence-corrected chi connectivity index (χ2v) is 9.05. The van der Waals surface area contributed by atoms with Crippen LogP contribution in [-0.2, 0) is 11.2 Å². The first-order valence-corrected chi connectivity index (χ1v) is 11.3. The summed E-state index contributed by atoms with van der Waals surface area (Å²) in [7, 11) is 1.84. The van der Waals surface area contributed by atoms with Gasteiger partial charge in [-0.3, -0.25) is 14.8 Å². The summed E-state index contributed by atoms with van der Waals surface area (Å²) in [4.78, 5) is 21.8. The summed E-state index contributed by atoms with van der Waals surface area (Å²) in [6.07, 6.45) is 11.0. The van der Waals surface area contributed by atoms with Gasteiger partial charge < -0.3 is 0 Å². The van der Waals surface area contributed by atoms with Crippen molar-refractivity contribution in [3.63, 3.8) is 0 Å². The molecule has 4 atom stereocenters. The highest BCUT2D eigenvalue weighted by Crippen LogP contribution is 2.40. The molecule has 0 saturated heterocycles. The first-order chi connectivity index (χ1) is 14.0. The normalized spacial score (nSPS) is 27.6. The first-order valence-electron chi connectivity index (χ1n) is 11.3. The molecule has 0 amide bonds. The Hall–Kier alpha value is -2.03. The fraction of sp³-hybridized carbons (Fsp3) is 0.577. The van der Waals surface area contributed by atoms with Gasteiger partial charge >= 0.3 is 0 Å². The predicted octanol–water partition coefficient (Wildman–Crippen LogP) is 6.00. The van der Waals surface area contributed by atoms with Gasteiger partial charge in [0.1, 0.15) is 5.78 Å². The number of nitrogens with zero attached hydrogens (tertiary/aromatic N) is 2. The van der Waals surface area contributed by atoms with Gasteiger partial charge in [0.2, 0.25) is 0 Å². The maximum absolute atomic E-state index is 12.7. The smallest absolute Gasteiger partial charge is 0.133 e. The number of hydrogen-bond acceptors (Lipinski definition) is 3. The first kappa shape index (κ1) is 21.7. The van der Waals surface area contributed by atoms with Gasteiger partial charge in [-0.05, 0) is 67.1 Å². The van der Waals surface area contributed by atoms with Crippen LogP contribution in [0, 0.1) is 30.6 Å². The largest absolute Gasteiger partial charge is 0.300 e. The highest BCUT2D eigenvalue weighted by atomic mass is 16.1. The van der Waals surface area contributed by atoms with E-state index in [0.29, 0.717) is 35.9 Å². The van der Waals surface area contributed by atoms with E-state index < -0.39 is 0 Å². The van der Waals surface area contributed by atoms with Crippen molar-refractivity contribution < 1.29 is 4.79 Å². The van der Waals surface area contributed by atoms with Crippen LogP contribution in [0.2, 0.25) is 0 Å². The summed E-state index contributed by atoms with van der Waals surface area (Å²) < 4.78 is 0. The van der Waals surface area contributed by atoms with Crippen LogP contribution in [0.3, 0.4) is 0 Å². The molecule has 1 saturated carbocycles. The van der Waals surface area contributed by atoms with Gasteiger partial charge in [-0.15, -0.1) is 0 Å². The van der Waals surface area contributed by atoms with E-state index in [1.54, 1.807) is 0 Å². The van der Waals surface area contributed by atoms with E-state index in [2.05, 4.69) is 56.2 Å². The number of carbonyl (C=O) groups is 1. The Morgan fingerprint density at radius 1 is 1.24 bits per heavy atom. The van der Waals surface area contributed by atoms with Gasteiger partial charge in [-0.25, -0.2) is 0 Å². The van der Waals surface area contributed by atoms with Gasteiger partial charge in [0.05, 0.1) is 0 Å². The topological polar surface area (TPSA) is 41.8 Å². The Bertz CT molecular complexity index is 805. The lowest BCUT2D eigenvalue weighted by atomic mass is 9.74. The average Bonchev–Trinajstić information content (AvgIpc) is 2.71. The molecule has 3 nitrogen and oxygen atoms in total. The Morgan fingerprint density at radius 3 is 2.79 bits per heavy atom. The van der Waals surface area contributed by atoms with Crippen molar-refractivity contribution in [1.82, 2.24) is 0 Å². The molecule has 0 aromatic heterocycles. The molecule has 1 aliphatic carbocycles. The SMILES string of the molecule is CN=CC1=C(C2CCC[C@@H](CC(=O)CCc3ccccc3C)C2)N=CC(C)C1C. The molecule has 29 heavy (non-hydrogen) atoms. The van der Waals surface area contributed by atoms with E-state index in [4.69, 9.17) is 4.99 Å². The number of aliphatic imine (C=N–C) groups is 2. The molecule has 3 heteroatoms. The monoisotopic (exact) mass is 392 g/mol. The highest BCUT2D eigenvalue weighted by Gasteiger charge is 2.31. The molecule has 0 N–H and O–H groups in total. The van der Waals surface area contributed by atoms with Crippen molar-refractivity contribution in [2.75, 3.05) is 7.05 Å². The number of aryl methyl sites for hydroxylation is 2. The summed E-state index contributed by atoms with van der Waals surface area (Å²) in [5, 5.41) is 0.